The van der Waals surface area contributed by atoms with Crippen LogP contribution in [-0.4, -0.2) is 57.1 Å². The first-order valence-electron chi connectivity index (χ1n) is 10.3. The van der Waals surface area contributed by atoms with Gasteiger partial charge < -0.3 is 14.5 Å². The van der Waals surface area contributed by atoms with Gasteiger partial charge >= 0.3 is 0 Å². The number of fused-ring (bicyclic) bond motifs is 1. The molecule has 1 saturated heterocycles. The summed E-state index contributed by atoms with van der Waals surface area (Å²) in [6.07, 6.45) is 2.12. The van der Waals surface area contributed by atoms with Gasteiger partial charge in [-0.2, -0.15) is 5.10 Å². The summed E-state index contributed by atoms with van der Waals surface area (Å²) in [5, 5.41) is 4.41. The number of amides is 2. The molecule has 3 heterocycles. The van der Waals surface area contributed by atoms with Gasteiger partial charge in [0.25, 0.3) is 5.91 Å². The van der Waals surface area contributed by atoms with Crippen LogP contribution in [-0.2, 0) is 17.9 Å². The van der Waals surface area contributed by atoms with Crippen molar-refractivity contribution in [2.24, 2.45) is 0 Å². The van der Waals surface area contributed by atoms with Gasteiger partial charge in [0, 0.05) is 36.5 Å². The lowest BCUT2D eigenvalue weighted by Crippen LogP contribution is -2.41. The lowest BCUT2D eigenvalue weighted by molar-refractivity contribution is -0.135. The average molecular weight is 396 g/mol. The maximum atomic E-state index is 13.1. The van der Waals surface area contributed by atoms with Gasteiger partial charge in [0.15, 0.2) is 0 Å². The summed E-state index contributed by atoms with van der Waals surface area (Å²) >= 11 is 0. The third-order valence-corrected chi connectivity index (χ3v) is 5.76. The standard InChI is InChI=1S/C22H28N4O3/c1-15-10-16(2)26(23-15)13-21(27)25-12-19-11-18(22(28)24-8-4-5-9-24)6-7-20(19)29-14-17(25)3/h6-7,10-11,17H,4-5,8-9,12-14H2,1-3H3/t17-/m0/s1. The maximum absolute atomic E-state index is 13.1. The quantitative estimate of drug-likeness (QED) is 0.800. The predicted molar refractivity (Wildman–Crippen MR) is 109 cm³/mol. The second kappa shape index (κ2) is 7.89. The van der Waals surface area contributed by atoms with E-state index in [1.54, 1.807) is 4.68 Å². The van der Waals surface area contributed by atoms with Crippen LogP contribution in [0.4, 0.5) is 0 Å². The van der Waals surface area contributed by atoms with Crippen molar-refractivity contribution >= 4 is 11.8 Å². The van der Waals surface area contributed by atoms with Crippen LogP contribution in [0, 0.1) is 13.8 Å². The summed E-state index contributed by atoms with van der Waals surface area (Å²) in [5.41, 5.74) is 3.40. The smallest absolute Gasteiger partial charge is 0.253 e. The van der Waals surface area contributed by atoms with Crippen molar-refractivity contribution in [1.82, 2.24) is 19.6 Å². The Morgan fingerprint density at radius 3 is 2.62 bits per heavy atom. The molecular weight excluding hydrogens is 368 g/mol. The van der Waals surface area contributed by atoms with Crippen LogP contribution in [0.25, 0.3) is 0 Å². The van der Waals surface area contributed by atoms with Crippen LogP contribution >= 0.6 is 0 Å². The number of aryl methyl sites for hydroxylation is 2. The number of likely N-dealkylation sites (tertiary alicyclic amines) is 1. The molecule has 7 heteroatoms. The van der Waals surface area contributed by atoms with Gasteiger partial charge in [-0.1, -0.05) is 0 Å². The highest BCUT2D eigenvalue weighted by Gasteiger charge is 2.28. The number of carbonyl (C=O) groups is 2. The molecular formula is C22H28N4O3. The molecule has 0 N–H and O–H groups in total. The fourth-order valence-corrected chi connectivity index (χ4v) is 4.11. The Balaban J connectivity index is 1.55. The number of hydrogen-bond acceptors (Lipinski definition) is 4. The third-order valence-electron chi connectivity index (χ3n) is 5.76. The molecule has 1 fully saturated rings. The Labute approximate surface area is 171 Å². The third kappa shape index (κ3) is 3.99. The SMILES string of the molecule is Cc1cc(C)n(CC(=O)N2Cc3cc(C(=O)N4CCCC4)ccc3OC[C@@H]2C)n1. The fourth-order valence-electron chi connectivity index (χ4n) is 4.11. The minimum atomic E-state index is -0.0652. The molecule has 29 heavy (non-hydrogen) atoms. The minimum absolute atomic E-state index is 0.00331. The highest BCUT2D eigenvalue weighted by atomic mass is 16.5. The van der Waals surface area contributed by atoms with E-state index in [9.17, 15) is 9.59 Å². The van der Waals surface area contributed by atoms with Crippen molar-refractivity contribution in [3.63, 3.8) is 0 Å². The zero-order valence-corrected chi connectivity index (χ0v) is 17.4. The molecule has 4 rings (SSSR count). The number of benzene rings is 1. The Bertz CT molecular complexity index is 930. The van der Waals surface area contributed by atoms with E-state index in [2.05, 4.69) is 5.10 Å². The first-order valence-corrected chi connectivity index (χ1v) is 10.3. The summed E-state index contributed by atoms with van der Waals surface area (Å²) in [5.74, 6) is 0.802. The first-order chi connectivity index (χ1) is 13.9. The van der Waals surface area contributed by atoms with Gasteiger partial charge in [-0.05, 0) is 57.9 Å². The van der Waals surface area contributed by atoms with E-state index in [-0.39, 0.29) is 24.4 Å². The van der Waals surface area contributed by atoms with E-state index in [1.807, 2.05) is 54.8 Å². The van der Waals surface area contributed by atoms with Crippen molar-refractivity contribution in [3.05, 3.63) is 46.8 Å². The van der Waals surface area contributed by atoms with Gasteiger partial charge in [0.05, 0.1) is 11.7 Å². The van der Waals surface area contributed by atoms with E-state index in [0.717, 1.165) is 48.6 Å². The van der Waals surface area contributed by atoms with E-state index in [0.29, 0.717) is 18.7 Å². The van der Waals surface area contributed by atoms with Crippen LogP contribution in [0.1, 0.15) is 47.1 Å². The number of nitrogens with zero attached hydrogens (tertiary/aromatic N) is 4. The monoisotopic (exact) mass is 396 g/mol. The predicted octanol–water partition coefficient (Wildman–Crippen LogP) is 2.55. The molecule has 1 aromatic carbocycles. The molecule has 0 saturated carbocycles. The summed E-state index contributed by atoms with van der Waals surface area (Å²) < 4.78 is 7.68. The van der Waals surface area contributed by atoms with E-state index in [4.69, 9.17) is 4.74 Å². The molecule has 7 nitrogen and oxygen atoms in total. The Morgan fingerprint density at radius 2 is 1.93 bits per heavy atom. The van der Waals surface area contributed by atoms with Crippen molar-refractivity contribution in [3.8, 4) is 5.75 Å². The minimum Gasteiger partial charge on any atom is -0.491 e. The number of rotatable bonds is 3. The molecule has 2 aliphatic heterocycles. The average Bonchev–Trinajstić information content (AvgIpc) is 3.29. The highest BCUT2D eigenvalue weighted by Crippen LogP contribution is 2.27. The summed E-state index contributed by atoms with van der Waals surface area (Å²) in [6.45, 7) is 8.55. The molecule has 0 bridgehead atoms. The first kappa shape index (κ1) is 19.5. The number of carbonyl (C=O) groups excluding carboxylic acids is 2. The lowest BCUT2D eigenvalue weighted by atomic mass is 10.1. The number of aromatic nitrogens is 2. The van der Waals surface area contributed by atoms with Gasteiger partial charge in [-0.25, -0.2) is 0 Å². The van der Waals surface area contributed by atoms with E-state index < -0.39 is 0 Å². The Morgan fingerprint density at radius 1 is 1.17 bits per heavy atom. The van der Waals surface area contributed by atoms with Crippen molar-refractivity contribution in [2.45, 2.75) is 52.7 Å². The van der Waals surface area contributed by atoms with Crippen LogP contribution in [0.15, 0.2) is 24.3 Å². The van der Waals surface area contributed by atoms with Crippen molar-refractivity contribution < 1.29 is 14.3 Å². The largest absolute Gasteiger partial charge is 0.491 e. The lowest BCUT2D eigenvalue weighted by Gasteiger charge is -2.26. The zero-order valence-electron chi connectivity index (χ0n) is 17.4. The number of ether oxygens (including phenoxy) is 1. The van der Waals surface area contributed by atoms with Gasteiger partial charge in [0.2, 0.25) is 5.91 Å². The second-order valence-corrected chi connectivity index (χ2v) is 8.09. The molecule has 0 aliphatic carbocycles. The van der Waals surface area contributed by atoms with Crippen molar-refractivity contribution in [2.75, 3.05) is 19.7 Å². The van der Waals surface area contributed by atoms with Crippen molar-refractivity contribution in [1.29, 1.82) is 0 Å². The van der Waals surface area contributed by atoms with Gasteiger partial charge in [-0.15, -0.1) is 0 Å². The highest BCUT2D eigenvalue weighted by molar-refractivity contribution is 5.94. The molecule has 1 aromatic heterocycles. The summed E-state index contributed by atoms with van der Waals surface area (Å²) in [6, 6.07) is 7.48. The van der Waals surface area contributed by atoms with Crippen LogP contribution < -0.4 is 4.74 Å². The fraction of sp³-hybridized carbons (Fsp3) is 0.500. The Kier molecular flexibility index (Phi) is 5.30. The summed E-state index contributed by atoms with van der Waals surface area (Å²) in [7, 11) is 0. The molecule has 0 radical (unpaired) electrons. The summed E-state index contributed by atoms with van der Waals surface area (Å²) in [4.78, 5) is 29.6. The molecule has 0 unspecified atom stereocenters. The molecule has 2 amide bonds. The molecule has 2 aromatic rings. The second-order valence-electron chi connectivity index (χ2n) is 8.09. The van der Waals surface area contributed by atoms with Gasteiger partial charge in [-0.3, -0.25) is 14.3 Å². The van der Waals surface area contributed by atoms with Crippen LogP contribution in [0.2, 0.25) is 0 Å². The van der Waals surface area contributed by atoms with Crippen LogP contribution in [0.3, 0.4) is 0 Å². The molecule has 154 valence electrons. The molecule has 0 spiro atoms. The van der Waals surface area contributed by atoms with Crippen LogP contribution in [0.5, 0.6) is 5.75 Å². The Hall–Kier alpha value is -2.83. The normalized spacial score (nSPS) is 18.9. The maximum Gasteiger partial charge on any atom is 0.253 e. The van der Waals surface area contributed by atoms with E-state index in [1.165, 1.54) is 0 Å². The number of hydrogen-bond donors (Lipinski definition) is 0. The molecule has 2 aliphatic rings. The topological polar surface area (TPSA) is 67.7 Å². The van der Waals surface area contributed by atoms with E-state index >= 15 is 0 Å². The molecule has 1 atom stereocenters. The van der Waals surface area contributed by atoms with Gasteiger partial charge in [0.1, 0.15) is 18.9 Å². The zero-order chi connectivity index (χ0) is 20.5.